The molecule has 0 aromatic heterocycles. The zero-order valence-corrected chi connectivity index (χ0v) is 19.0. The van der Waals surface area contributed by atoms with Gasteiger partial charge in [-0.25, -0.2) is 12.1 Å². The van der Waals surface area contributed by atoms with Crippen molar-refractivity contribution in [3.05, 3.63) is 58.7 Å². The molecule has 0 aliphatic heterocycles. The van der Waals surface area contributed by atoms with Crippen LogP contribution in [0, 0.1) is 13.8 Å². The van der Waals surface area contributed by atoms with Crippen molar-refractivity contribution in [1.29, 1.82) is 0 Å². The first-order chi connectivity index (χ1) is 10.1. The molecule has 2 aromatic rings. The molecule has 0 N–H and O–H groups in total. The largest absolute Gasteiger partial charge is 2.00 e. The van der Waals surface area contributed by atoms with Gasteiger partial charge < -0.3 is 0 Å². The van der Waals surface area contributed by atoms with Gasteiger partial charge in [0.05, 0.1) is 0 Å². The molecule has 22 heavy (non-hydrogen) atoms. The van der Waals surface area contributed by atoms with Crippen LogP contribution < -0.4 is 0 Å². The van der Waals surface area contributed by atoms with Crippen molar-refractivity contribution in [2.75, 3.05) is 0 Å². The van der Waals surface area contributed by atoms with E-state index in [9.17, 15) is 0 Å². The van der Waals surface area contributed by atoms with Gasteiger partial charge in [-0.1, -0.05) is 66.5 Å². The number of hydrogen-bond acceptors (Lipinski definition) is 0. The smallest absolute Gasteiger partial charge is 0.211 e. The Bertz CT molecular complexity index is 440. The average molecular weight is 393 g/mol. The summed E-state index contributed by atoms with van der Waals surface area (Å²) < 4.78 is 0. The molecule has 0 spiro atoms. The van der Waals surface area contributed by atoms with E-state index in [1.54, 1.807) is 0 Å². The van der Waals surface area contributed by atoms with Gasteiger partial charge in [-0.2, -0.15) is 46.5 Å². The Morgan fingerprint density at radius 1 is 1.09 bits per heavy atom. The molecule has 0 heterocycles. The molecule has 121 valence electrons. The molecular weight excluding hydrogens is 360 g/mol. The maximum atomic E-state index is 2.24. The molecule has 0 aliphatic carbocycles. The topological polar surface area (TPSA) is 0 Å². The first-order valence-corrected chi connectivity index (χ1v) is 10.6. The van der Waals surface area contributed by atoms with Crippen LogP contribution in [0.3, 0.4) is 0 Å². The summed E-state index contributed by atoms with van der Waals surface area (Å²) >= 11 is 0. The van der Waals surface area contributed by atoms with Gasteiger partial charge in [0.15, 0.2) is 0 Å². The second kappa shape index (κ2) is 15.7. The van der Waals surface area contributed by atoms with E-state index >= 15 is 0 Å². The Kier molecular flexibility index (Phi) is 17.2. The van der Waals surface area contributed by atoms with Crippen LogP contribution in [-0.4, -0.2) is 9.52 Å². The van der Waals surface area contributed by atoms with Gasteiger partial charge >= 0.3 is 26.2 Å². The van der Waals surface area contributed by atoms with E-state index in [2.05, 4.69) is 77.2 Å². The molecule has 0 unspecified atom stereocenters. The second-order valence-electron chi connectivity index (χ2n) is 5.54. The zero-order chi connectivity index (χ0) is 16.1. The fourth-order valence-corrected chi connectivity index (χ4v) is 2.14. The molecule has 0 nitrogen and oxygen atoms in total. The van der Waals surface area contributed by atoms with E-state index in [4.69, 9.17) is 0 Å². The van der Waals surface area contributed by atoms with Crippen LogP contribution in [0.1, 0.15) is 48.9 Å². The van der Waals surface area contributed by atoms with Crippen LogP contribution in [0.15, 0.2) is 36.4 Å². The number of aryl methyl sites for hydroxylation is 3. The number of rotatable bonds is 4. The van der Waals surface area contributed by atoms with Crippen molar-refractivity contribution < 1.29 is 26.2 Å². The van der Waals surface area contributed by atoms with E-state index in [0.717, 1.165) is 9.52 Å². The molecule has 2 aromatic carbocycles. The minimum atomic E-state index is 0. The van der Waals surface area contributed by atoms with Gasteiger partial charge in [0.1, 0.15) is 0 Å². The summed E-state index contributed by atoms with van der Waals surface area (Å²) in [7, 11) is 0.750. The molecule has 0 atom stereocenters. The Morgan fingerprint density at radius 2 is 1.68 bits per heavy atom. The van der Waals surface area contributed by atoms with Crippen LogP contribution in [0.5, 0.6) is 0 Å². The van der Waals surface area contributed by atoms with E-state index < -0.39 is 0 Å². The molecule has 2 heteroatoms. The minimum absolute atomic E-state index is 0. The Labute approximate surface area is 160 Å². The third-order valence-electron chi connectivity index (χ3n) is 3.40. The van der Waals surface area contributed by atoms with Gasteiger partial charge in [0.2, 0.25) is 0 Å². The molecule has 2 rings (SSSR count). The monoisotopic (exact) mass is 391 g/mol. The molecule has 0 saturated carbocycles. The van der Waals surface area contributed by atoms with Gasteiger partial charge in [-0.05, 0) is 0 Å². The second-order valence-corrected chi connectivity index (χ2v) is 6.69. The van der Waals surface area contributed by atoms with Crippen LogP contribution >= 0.6 is 0 Å². The summed E-state index contributed by atoms with van der Waals surface area (Å²) in [4.78, 5) is 0. The van der Waals surface area contributed by atoms with E-state index in [1.165, 1.54) is 47.9 Å². The van der Waals surface area contributed by atoms with Crippen molar-refractivity contribution in [3.63, 3.8) is 0 Å². The van der Waals surface area contributed by atoms with Crippen molar-refractivity contribution in [2.45, 2.75) is 66.5 Å². The van der Waals surface area contributed by atoms with Gasteiger partial charge in [-0.3, -0.25) is 0 Å². The average Bonchev–Trinajstić information content (AvgIpc) is 3.07. The standard InChI is InChI=1S/C10H15.C8H11.C2H7Si.Zr/c1-4-5-10-7-6-8(2)9(10)3;1-2-5-8-6-3-4-7-8;1-3-2;/h6-7H,4-5H2,1-3H3;3-4,6-7H,2,5H2,1H3;3H,1-2H3;/q2*-1;;+2. The van der Waals surface area contributed by atoms with E-state index in [0.29, 0.717) is 0 Å². The Morgan fingerprint density at radius 3 is 2.05 bits per heavy atom. The fraction of sp³-hybridized carbons (Fsp3) is 0.500. The first kappa shape index (κ1) is 24.1. The van der Waals surface area contributed by atoms with Gasteiger partial charge in [0.25, 0.3) is 0 Å². The molecule has 0 bridgehead atoms. The van der Waals surface area contributed by atoms with Crippen molar-refractivity contribution in [1.82, 2.24) is 0 Å². The maximum absolute atomic E-state index is 2.24. The molecule has 0 saturated heterocycles. The van der Waals surface area contributed by atoms with Crippen LogP contribution in [0.25, 0.3) is 0 Å². The minimum Gasteiger partial charge on any atom is -0.211 e. The Hall–Kier alpha value is -0.200. The van der Waals surface area contributed by atoms with Gasteiger partial charge in [-0.15, -0.1) is 0 Å². The summed E-state index contributed by atoms with van der Waals surface area (Å²) in [5.74, 6) is 0. The van der Waals surface area contributed by atoms with Crippen LogP contribution in [-0.2, 0) is 39.0 Å². The normalized spacial score (nSPS) is 9.00. The first-order valence-electron chi connectivity index (χ1n) is 8.26. The summed E-state index contributed by atoms with van der Waals surface area (Å²) in [5.41, 5.74) is 5.91. The van der Waals surface area contributed by atoms with Crippen LogP contribution in [0.2, 0.25) is 13.1 Å². The predicted octanol–water partition coefficient (Wildman–Crippen LogP) is 5.85. The summed E-state index contributed by atoms with van der Waals surface area (Å²) in [6.07, 6.45) is 4.97. The van der Waals surface area contributed by atoms with Crippen molar-refractivity contribution >= 4 is 9.52 Å². The third-order valence-corrected chi connectivity index (χ3v) is 3.40. The third kappa shape index (κ3) is 10.5. The summed E-state index contributed by atoms with van der Waals surface area (Å²) in [6, 6.07) is 13.0. The Balaban J connectivity index is 0. The van der Waals surface area contributed by atoms with E-state index in [1.807, 2.05) is 0 Å². The summed E-state index contributed by atoms with van der Waals surface area (Å²) in [5, 5.41) is 0. The molecule has 0 fully saturated rings. The maximum Gasteiger partial charge on any atom is 2.00 e. The fourth-order valence-electron chi connectivity index (χ4n) is 2.14. The van der Waals surface area contributed by atoms with Crippen molar-refractivity contribution in [2.24, 2.45) is 0 Å². The van der Waals surface area contributed by atoms with Gasteiger partial charge in [0, 0.05) is 9.52 Å². The molecule has 1 radical (unpaired) electrons. The van der Waals surface area contributed by atoms with Crippen molar-refractivity contribution in [3.8, 4) is 0 Å². The SMILES string of the molecule is CCCc1cc[c-](C)c1C.CCCc1cc[cH-]c1.C[SiH]C.[Zr+2]. The van der Waals surface area contributed by atoms with Crippen LogP contribution in [0.4, 0.5) is 0 Å². The molecule has 0 amide bonds. The quantitative estimate of drug-likeness (QED) is 0.452. The molecular formula is C20H33SiZr. The number of hydrogen-bond donors (Lipinski definition) is 0. The predicted molar refractivity (Wildman–Crippen MR) is 100 cm³/mol. The van der Waals surface area contributed by atoms with E-state index in [-0.39, 0.29) is 26.2 Å². The zero-order valence-electron chi connectivity index (χ0n) is 15.4. The summed E-state index contributed by atoms with van der Waals surface area (Å²) in [6.45, 7) is 13.2. The molecule has 0 aliphatic rings.